The molecule has 128 valence electrons. The smallest absolute Gasteiger partial charge is 0.144 e. The van der Waals surface area contributed by atoms with Crippen LogP contribution in [0.4, 0.5) is 15.9 Å². The average molecular weight is 330 g/mol. The lowest BCUT2D eigenvalue weighted by molar-refractivity contribution is 0.184. The predicted octanol–water partition coefficient (Wildman–Crippen LogP) is 3.28. The van der Waals surface area contributed by atoms with Gasteiger partial charge in [0.05, 0.1) is 17.4 Å². The second kappa shape index (κ2) is 7.05. The molecule has 1 atom stereocenters. The van der Waals surface area contributed by atoms with E-state index in [1.54, 1.807) is 12.1 Å². The van der Waals surface area contributed by atoms with Gasteiger partial charge in [0.2, 0.25) is 0 Å². The number of benzene rings is 1. The maximum atomic E-state index is 13.0. The Morgan fingerprint density at radius 3 is 2.79 bits per heavy atom. The van der Waals surface area contributed by atoms with Gasteiger partial charge in [0, 0.05) is 12.6 Å². The van der Waals surface area contributed by atoms with Crippen molar-refractivity contribution in [1.82, 2.24) is 9.88 Å². The third kappa shape index (κ3) is 3.59. The van der Waals surface area contributed by atoms with Crippen LogP contribution in [-0.2, 0) is 6.54 Å². The summed E-state index contributed by atoms with van der Waals surface area (Å²) in [6.45, 7) is 1.50. The number of halogens is 1. The molecule has 2 heterocycles. The number of aromatic hydroxyl groups is 1. The van der Waals surface area contributed by atoms with Crippen molar-refractivity contribution in [3.8, 4) is 5.75 Å². The third-order valence-corrected chi connectivity index (χ3v) is 4.54. The van der Waals surface area contributed by atoms with Crippen molar-refractivity contribution in [3.63, 3.8) is 0 Å². The molecule has 4 N–H and O–H groups in total. The van der Waals surface area contributed by atoms with Crippen molar-refractivity contribution in [2.75, 3.05) is 24.6 Å². The molecule has 1 saturated heterocycles. The van der Waals surface area contributed by atoms with E-state index in [4.69, 9.17) is 5.73 Å². The van der Waals surface area contributed by atoms with Gasteiger partial charge in [-0.1, -0.05) is 18.6 Å². The molecule has 0 amide bonds. The fourth-order valence-electron chi connectivity index (χ4n) is 3.12. The molecule has 0 aliphatic carbocycles. The van der Waals surface area contributed by atoms with Gasteiger partial charge in [-0.25, -0.2) is 9.37 Å². The Morgan fingerprint density at radius 1 is 1.33 bits per heavy atom. The number of aromatic nitrogens is 1. The van der Waals surface area contributed by atoms with Crippen LogP contribution in [0.5, 0.6) is 5.75 Å². The van der Waals surface area contributed by atoms with Gasteiger partial charge in [0.1, 0.15) is 17.4 Å². The summed E-state index contributed by atoms with van der Waals surface area (Å²) < 4.78 is 13.0. The van der Waals surface area contributed by atoms with Crippen molar-refractivity contribution < 1.29 is 9.50 Å². The first-order valence-corrected chi connectivity index (χ1v) is 8.22. The maximum Gasteiger partial charge on any atom is 0.144 e. The summed E-state index contributed by atoms with van der Waals surface area (Å²) in [5.41, 5.74) is 8.07. The van der Waals surface area contributed by atoms with Crippen molar-refractivity contribution >= 4 is 11.5 Å². The number of hydrogen-bond donors (Lipinski definition) is 3. The Hall–Kier alpha value is -2.34. The Kier molecular flexibility index (Phi) is 4.85. The predicted molar refractivity (Wildman–Crippen MR) is 93.3 cm³/mol. The molecule has 0 bridgehead atoms. The number of nitrogens with one attached hydrogen (secondary N) is 1. The van der Waals surface area contributed by atoms with Crippen LogP contribution in [0.25, 0.3) is 0 Å². The van der Waals surface area contributed by atoms with Gasteiger partial charge < -0.3 is 16.2 Å². The summed E-state index contributed by atoms with van der Waals surface area (Å²) in [6.07, 6.45) is 3.28. The third-order valence-electron chi connectivity index (χ3n) is 4.54. The molecular weight excluding hydrogens is 307 g/mol. The van der Waals surface area contributed by atoms with Crippen LogP contribution in [0.15, 0.2) is 30.3 Å². The second-order valence-electron chi connectivity index (χ2n) is 6.30. The Balaban J connectivity index is 1.79. The fraction of sp³-hybridized carbons (Fsp3) is 0.389. The maximum absolute atomic E-state index is 13.0. The zero-order valence-corrected chi connectivity index (χ0v) is 13.8. The van der Waals surface area contributed by atoms with Crippen LogP contribution in [0.3, 0.4) is 0 Å². The van der Waals surface area contributed by atoms with Crippen molar-refractivity contribution in [3.05, 3.63) is 47.4 Å². The second-order valence-corrected chi connectivity index (χ2v) is 6.30. The summed E-state index contributed by atoms with van der Waals surface area (Å²) in [5.74, 6) is 0.352. The number of anilines is 2. The van der Waals surface area contributed by atoms with Crippen LogP contribution < -0.4 is 11.1 Å². The quantitative estimate of drug-likeness (QED) is 0.802. The first-order valence-electron chi connectivity index (χ1n) is 8.22. The van der Waals surface area contributed by atoms with Crippen LogP contribution >= 0.6 is 0 Å². The number of nitrogens with zero attached hydrogens (tertiary/aromatic N) is 2. The highest BCUT2D eigenvalue weighted by Crippen LogP contribution is 2.36. The van der Waals surface area contributed by atoms with E-state index in [0.717, 1.165) is 30.6 Å². The molecule has 0 spiro atoms. The van der Waals surface area contributed by atoms with E-state index in [1.807, 2.05) is 0 Å². The SMILES string of the molecule is CN1CCCCC1c1nc(NCc2ccc(F)cc2)cc(O)c1N. The molecule has 24 heavy (non-hydrogen) atoms. The molecule has 0 saturated carbocycles. The van der Waals surface area contributed by atoms with Crippen LogP contribution in [0.2, 0.25) is 0 Å². The summed E-state index contributed by atoms with van der Waals surface area (Å²) in [6, 6.07) is 7.94. The highest BCUT2D eigenvalue weighted by atomic mass is 19.1. The van der Waals surface area contributed by atoms with Gasteiger partial charge in [-0.2, -0.15) is 0 Å². The first-order chi connectivity index (χ1) is 11.5. The lowest BCUT2D eigenvalue weighted by Gasteiger charge is -2.32. The van der Waals surface area contributed by atoms with Gasteiger partial charge in [-0.15, -0.1) is 0 Å². The Morgan fingerprint density at radius 2 is 2.08 bits per heavy atom. The van der Waals surface area contributed by atoms with E-state index in [-0.39, 0.29) is 17.6 Å². The van der Waals surface area contributed by atoms with Gasteiger partial charge in [-0.3, -0.25) is 4.90 Å². The molecule has 0 radical (unpaired) electrons. The lowest BCUT2D eigenvalue weighted by Crippen LogP contribution is -2.31. The zero-order valence-electron chi connectivity index (χ0n) is 13.8. The molecule has 1 fully saturated rings. The summed E-state index contributed by atoms with van der Waals surface area (Å²) in [7, 11) is 2.06. The van der Waals surface area contributed by atoms with Gasteiger partial charge in [-0.05, 0) is 44.1 Å². The van der Waals surface area contributed by atoms with Crippen molar-refractivity contribution in [2.45, 2.75) is 31.8 Å². The van der Waals surface area contributed by atoms with E-state index in [0.29, 0.717) is 18.1 Å². The standard InChI is InChI=1S/C18H23FN4O/c1-23-9-3-2-4-14(23)18-17(20)15(24)10-16(22-18)21-11-12-5-7-13(19)8-6-12/h5-8,10,14H,2-4,9,11,20H2,1H3,(H2,21,22,24). The number of nitrogens with two attached hydrogens (primary N) is 1. The number of piperidine rings is 1. The minimum atomic E-state index is -0.260. The number of pyridine rings is 1. The molecule has 6 heteroatoms. The molecule has 3 rings (SSSR count). The van der Waals surface area contributed by atoms with E-state index < -0.39 is 0 Å². The number of rotatable bonds is 4. The van der Waals surface area contributed by atoms with Crippen LogP contribution in [-0.4, -0.2) is 28.6 Å². The Bertz CT molecular complexity index is 705. The van der Waals surface area contributed by atoms with Crippen molar-refractivity contribution in [2.24, 2.45) is 0 Å². The molecule has 1 aromatic carbocycles. The summed E-state index contributed by atoms with van der Waals surface area (Å²) >= 11 is 0. The highest BCUT2D eigenvalue weighted by Gasteiger charge is 2.25. The molecule has 1 aliphatic heterocycles. The van der Waals surface area contributed by atoms with Crippen LogP contribution in [0.1, 0.15) is 36.6 Å². The van der Waals surface area contributed by atoms with E-state index in [9.17, 15) is 9.50 Å². The monoisotopic (exact) mass is 330 g/mol. The lowest BCUT2D eigenvalue weighted by atomic mass is 9.98. The number of nitrogen functional groups attached to an aromatic ring is 1. The number of likely N-dealkylation sites (tertiary alicyclic amines) is 1. The van der Waals surface area contributed by atoms with E-state index >= 15 is 0 Å². The fourth-order valence-corrected chi connectivity index (χ4v) is 3.12. The largest absolute Gasteiger partial charge is 0.506 e. The Labute approximate surface area is 141 Å². The van der Waals surface area contributed by atoms with E-state index in [2.05, 4.69) is 22.2 Å². The number of hydrogen-bond acceptors (Lipinski definition) is 5. The highest BCUT2D eigenvalue weighted by molar-refractivity contribution is 5.61. The van der Waals surface area contributed by atoms with E-state index in [1.165, 1.54) is 24.6 Å². The van der Waals surface area contributed by atoms with Crippen LogP contribution in [0, 0.1) is 5.82 Å². The normalized spacial score (nSPS) is 18.5. The molecule has 1 unspecified atom stereocenters. The summed E-state index contributed by atoms with van der Waals surface area (Å²) in [5, 5.41) is 13.3. The summed E-state index contributed by atoms with van der Waals surface area (Å²) in [4.78, 5) is 6.86. The minimum absolute atomic E-state index is 0.0422. The first kappa shape index (κ1) is 16.5. The van der Waals surface area contributed by atoms with Gasteiger partial charge in [0.25, 0.3) is 0 Å². The zero-order chi connectivity index (χ0) is 17.1. The molecular formula is C18H23FN4O. The topological polar surface area (TPSA) is 74.4 Å². The molecule has 5 nitrogen and oxygen atoms in total. The molecule has 1 aromatic heterocycles. The van der Waals surface area contributed by atoms with Gasteiger partial charge >= 0.3 is 0 Å². The van der Waals surface area contributed by atoms with Gasteiger partial charge in [0.15, 0.2) is 0 Å². The molecule has 1 aliphatic rings. The molecule has 2 aromatic rings. The minimum Gasteiger partial charge on any atom is -0.506 e. The van der Waals surface area contributed by atoms with Crippen molar-refractivity contribution in [1.29, 1.82) is 0 Å². The average Bonchev–Trinajstić information content (AvgIpc) is 2.58.